The van der Waals surface area contributed by atoms with Crippen molar-refractivity contribution in [2.75, 3.05) is 25.1 Å². The Morgan fingerprint density at radius 1 is 1.04 bits per heavy atom. The third kappa shape index (κ3) is 3.30. The quantitative estimate of drug-likeness (QED) is 0.819. The number of carbonyl (C=O) groups is 1. The van der Waals surface area contributed by atoms with Crippen molar-refractivity contribution in [3.8, 4) is 5.75 Å². The van der Waals surface area contributed by atoms with Gasteiger partial charge in [0.1, 0.15) is 17.6 Å². The van der Waals surface area contributed by atoms with Crippen LogP contribution in [0.3, 0.4) is 0 Å². The van der Waals surface area contributed by atoms with Crippen molar-refractivity contribution in [2.45, 2.75) is 17.9 Å². The van der Waals surface area contributed by atoms with Gasteiger partial charge < -0.3 is 9.64 Å². The van der Waals surface area contributed by atoms with E-state index in [-0.39, 0.29) is 23.9 Å². The highest BCUT2D eigenvalue weighted by Crippen LogP contribution is 2.26. The van der Waals surface area contributed by atoms with Crippen LogP contribution in [0.2, 0.25) is 0 Å². The van der Waals surface area contributed by atoms with E-state index < -0.39 is 21.9 Å². The molecule has 1 saturated heterocycles. The van der Waals surface area contributed by atoms with Gasteiger partial charge in [-0.15, -0.1) is 0 Å². The van der Waals surface area contributed by atoms with Crippen LogP contribution in [0.1, 0.15) is 6.92 Å². The maximum absolute atomic E-state index is 13.1. The molecule has 2 aromatic rings. The van der Waals surface area contributed by atoms with Crippen LogP contribution in [0.4, 0.5) is 10.1 Å². The fraction of sp³-hybridized carbons (Fsp3) is 0.278. The zero-order chi connectivity index (χ0) is 18.9. The van der Waals surface area contributed by atoms with Gasteiger partial charge in [-0.1, -0.05) is 0 Å². The second-order valence-corrected chi connectivity index (χ2v) is 7.82. The molecule has 1 aliphatic rings. The summed E-state index contributed by atoms with van der Waals surface area (Å²) >= 11 is 0. The third-order valence-corrected chi connectivity index (χ3v) is 6.39. The van der Waals surface area contributed by atoms with Crippen molar-refractivity contribution in [1.29, 1.82) is 0 Å². The number of hydrogen-bond donors (Lipinski definition) is 0. The molecule has 0 bridgehead atoms. The summed E-state index contributed by atoms with van der Waals surface area (Å²) in [6.45, 7) is 1.94. The molecule has 26 heavy (non-hydrogen) atoms. The standard InChI is InChI=1S/C18H19FN2O4S/c1-13-18(22)20(15-5-7-16(25-2)8-6-15)11-12-21(13)26(23,24)17-9-3-14(19)4-10-17/h3-10,13H,11-12H2,1-2H3. The Labute approximate surface area is 151 Å². The summed E-state index contributed by atoms with van der Waals surface area (Å²) in [7, 11) is -2.32. The van der Waals surface area contributed by atoms with Gasteiger partial charge in [0.15, 0.2) is 0 Å². The summed E-state index contributed by atoms with van der Waals surface area (Å²) in [4.78, 5) is 14.3. The Balaban J connectivity index is 1.83. The lowest BCUT2D eigenvalue weighted by atomic mass is 10.2. The number of ether oxygens (including phenoxy) is 1. The number of nitrogens with zero attached hydrogens (tertiary/aromatic N) is 2. The molecule has 3 rings (SSSR count). The second-order valence-electron chi connectivity index (χ2n) is 5.93. The van der Waals surface area contributed by atoms with Crippen molar-refractivity contribution < 1.29 is 22.3 Å². The highest BCUT2D eigenvalue weighted by Gasteiger charge is 2.39. The molecule has 6 nitrogen and oxygen atoms in total. The van der Waals surface area contributed by atoms with Crippen LogP contribution < -0.4 is 9.64 Å². The molecular formula is C18H19FN2O4S. The van der Waals surface area contributed by atoms with E-state index in [0.29, 0.717) is 11.4 Å². The fourth-order valence-electron chi connectivity index (χ4n) is 2.94. The molecule has 1 atom stereocenters. The van der Waals surface area contributed by atoms with E-state index in [4.69, 9.17) is 4.74 Å². The van der Waals surface area contributed by atoms with E-state index in [1.54, 1.807) is 43.2 Å². The normalized spacial score (nSPS) is 18.8. The van der Waals surface area contributed by atoms with Crippen LogP contribution in [-0.4, -0.2) is 44.9 Å². The molecule has 8 heteroatoms. The fourth-order valence-corrected chi connectivity index (χ4v) is 4.52. The number of rotatable bonds is 4. The van der Waals surface area contributed by atoms with Gasteiger partial charge in [0.25, 0.3) is 0 Å². The number of amides is 1. The predicted molar refractivity (Wildman–Crippen MR) is 95.1 cm³/mol. The number of benzene rings is 2. The van der Waals surface area contributed by atoms with E-state index in [0.717, 1.165) is 16.4 Å². The van der Waals surface area contributed by atoms with E-state index >= 15 is 0 Å². The van der Waals surface area contributed by atoms with Gasteiger partial charge in [0, 0.05) is 18.8 Å². The zero-order valence-electron chi connectivity index (χ0n) is 14.4. The van der Waals surface area contributed by atoms with Gasteiger partial charge >= 0.3 is 0 Å². The summed E-state index contributed by atoms with van der Waals surface area (Å²) in [5, 5.41) is 0. The molecule has 0 spiro atoms. The van der Waals surface area contributed by atoms with Gasteiger partial charge in [-0.05, 0) is 55.5 Å². The molecule has 1 fully saturated rings. The van der Waals surface area contributed by atoms with E-state index in [9.17, 15) is 17.6 Å². The number of anilines is 1. The number of methoxy groups -OCH3 is 1. The second kappa shape index (κ2) is 7.05. The maximum atomic E-state index is 13.1. The Morgan fingerprint density at radius 3 is 2.23 bits per heavy atom. The van der Waals surface area contributed by atoms with Gasteiger partial charge in [-0.3, -0.25) is 4.79 Å². The lowest BCUT2D eigenvalue weighted by Crippen LogP contribution is -2.57. The molecule has 0 N–H and O–H groups in total. The third-order valence-electron chi connectivity index (χ3n) is 4.40. The van der Waals surface area contributed by atoms with Gasteiger partial charge in [-0.2, -0.15) is 4.31 Å². The van der Waals surface area contributed by atoms with Crippen molar-refractivity contribution in [2.24, 2.45) is 0 Å². The molecule has 138 valence electrons. The average Bonchev–Trinajstić information content (AvgIpc) is 2.64. The Morgan fingerprint density at radius 2 is 1.65 bits per heavy atom. The minimum Gasteiger partial charge on any atom is -0.497 e. The lowest BCUT2D eigenvalue weighted by Gasteiger charge is -2.38. The first-order valence-corrected chi connectivity index (χ1v) is 9.51. The summed E-state index contributed by atoms with van der Waals surface area (Å²) < 4.78 is 44.9. The predicted octanol–water partition coefficient (Wildman–Crippen LogP) is 2.26. The van der Waals surface area contributed by atoms with Crippen LogP contribution >= 0.6 is 0 Å². The molecule has 1 unspecified atom stereocenters. The minimum atomic E-state index is -3.88. The van der Waals surface area contributed by atoms with E-state index in [1.807, 2.05) is 0 Å². The first kappa shape index (κ1) is 18.3. The molecule has 0 aromatic heterocycles. The summed E-state index contributed by atoms with van der Waals surface area (Å²) in [5.41, 5.74) is 0.682. The summed E-state index contributed by atoms with van der Waals surface area (Å²) in [6, 6.07) is 10.7. The highest BCUT2D eigenvalue weighted by molar-refractivity contribution is 7.89. The van der Waals surface area contributed by atoms with Crippen molar-refractivity contribution >= 4 is 21.6 Å². The maximum Gasteiger partial charge on any atom is 0.245 e. The number of piperazine rings is 1. The van der Waals surface area contributed by atoms with Gasteiger partial charge in [-0.25, -0.2) is 12.8 Å². The Kier molecular flexibility index (Phi) is 4.97. The topological polar surface area (TPSA) is 66.9 Å². The minimum absolute atomic E-state index is 0.0311. The smallest absolute Gasteiger partial charge is 0.245 e. The lowest BCUT2D eigenvalue weighted by molar-refractivity contribution is -0.123. The van der Waals surface area contributed by atoms with Crippen molar-refractivity contribution in [3.63, 3.8) is 0 Å². The first-order chi connectivity index (χ1) is 12.3. The molecule has 0 saturated carbocycles. The number of sulfonamides is 1. The Hall–Kier alpha value is -2.45. The number of halogens is 1. The molecule has 2 aromatic carbocycles. The van der Waals surface area contributed by atoms with Gasteiger partial charge in [0.2, 0.25) is 15.9 Å². The Bertz CT molecular complexity index is 898. The van der Waals surface area contributed by atoms with Crippen LogP contribution in [0.25, 0.3) is 0 Å². The monoisotopic (exact) mass is 378 g/mol. The van der Waals surface area contributed by atoms with Crippen LogP contribution in [0.5, 0.6) is 5.75 Å². The highest BCUT2D eigenvalue weighted by atomic mass is 32.2. The summed E-state index contributed by atoms with van der Waals surface area (Å²) in [6.07, 6.45) is 0. The van der Waals surface area contributed by atoms with Crippen molar-refractivity contribution in [3.05, 3.63) is 54.3 Å². The first-order valence-electron chi connectivity index (χ1n) is 8.07. The molecular weight excluding hydrogens is 359 g/mol. The summed E-state index contributed by atoms with van der Waals surface area (Å²) in [5.74, 6) is -0.156. The van der Waals surface area contributed by atoms with Gasteiger partial charge in [0.05, 0.1) is 12.0 Å². The SMILES string of the molecule is COc1ccc(N2CCN(S(=O)(=O)c3ccc(F)cc3)C(C)C2=O)cc1. The largest absolute Gasteiger partial charge is 0.497 e. The molecule has 1 amide bonds. The van der Waals surface area contributed by atoms with Crippen LogP contribution in [0, 0.1) is 5.82 Å². The van der Waals surface area contributed by atoms with E-state index in [2.05, 4.69) is 0 Å². The molecule has 0 radical (unpaired) electrons. The zero-order valence-corrected chi connectivity index (χ0v) is 15.2. The van der Waals surface area contributed by atoms with E-state index in [1.165, 1.54) is 12.1 Å². The average molecular weight is 378 g/mol. The van der Waals surface area contributed by atoms with Crippen LogP contribution in [-0.2, 0) is 14.8 Å². The van der Waals surface area contributed by atoms with Crippen LogP contribution in [0.15, 0.2) is 53.4 Å². The molecule has 0 aliphatic carbocycles. The number of hydrogen-bond acceptors (Lipinski definition) is 4. The molecule has 1 heterocycles. The van der Waals surface area contributed by atoms with Crippen molar-refractivity contribution in [1.82, 2.24) is 4.31 Å². The molecule has 1 aliphatic heterocycles. The number of carbonyl (C=O) groups excluding carboxylic acids is 1.